The lowest BCUT2D eigenvalue weighted by molar-refractivity contribution is -0.118. The Balaban J connectivity index is 1.98. The van der Waals surface area contributed by atoms with Gasteiger partial charge in [0.2, 0.25) is 0 Å². The van der Waals surface area contributed by atoms with E-state index < -0.39 is 5.97 Å². The van der Waals surface area contributed by atoms with Gasteiger partial charge in [-0.25, -0.2) is 4.79 Å². The number of carboxylic acid groups (broad SMARTS) is 1. The minimum absolute atomic E-state index is 0.0711. The fourth-order valence-corrected chi connectivity index (χ4v) is 2.47. The first-order valence-electron chi connectivity index (χ1n) is 5.97. The van der Waals surface area contributed by atoms with Crippen molar-refractivity contribution in [2.24, 2.45) is 0 Å². The van der Waals surface area contributed by atoms with Crippen molar-refractivity contribution in [2.75, 3.05) is 11.9 Å². The molecule has 0 unspecified atom stereocenters. The van der Waals surface area contributed by atoms with E-state index in [0.29, 0.717) is 10.7 Å². The predicted molar refractivity (Wildman–Crippen MR) is 81.6 cm³/mol. The average Bonchev–Trinajstić information content (AvgIpc) is 2.89. The zero-order chi connectivity index (χ0) is 15.4. The number of amides is 1. The van der Waals surface area contributed by atoms with E-state index in [2.05, 4.69) is 5.32 Å². The number of carbonyl (C=O) groups is 2. The molecule has 110 valence electrons. The zero-order valence-electron chi connectivity index (χ0n) is 11.1. The van der Waals surface area contributed by atoms with E-state index >= 15 is 0 Å². The van der Waals surface area contributed by atoms with E-state index in [0.717, 1.165) is 16.9 Å². The van der Waals surface area contributed by atoms with Gasteiger partial charge in [0.25, 0.3) is 5.91 Å². The molecule has 0 spiro atoms. The second kappa shape index (κ2) is 6.60. The molecular weight excluding hydrogens is 314 g/mol. The number of hydrogen-bond acceptors (Lipinski definition) is 4. The molecule has 2 rings (SSSR count). The van der Waals surface area contributed by atoms with Crippen LogP contribution in [0.25, 0.3) is 0 Å². The first-order valence-corrected chi connectivity index (χ1v) is 7.22. The van der Waals surface area contributed by atoms with Crippen LogP contribution in [-0.2, 0) is 4.79 Å². The van der Waals surface area contributed by atoms with Crippen molar-refractivity contribution in [1.29, 1.82) is 0 Å². The largest absolute Gasteiger partial charge is 0.482 e. The molecule has 21 heavy (non-hydrogen) atoms. The normalized spacial score (nSPS) is 10.2. The van der Waals surface area contributed by atoms with Gasteiger partial charge < -0.3 is 15.2 Å². The van der Waals surface area contributed by atoms with Gasteiger partial charge in [0.1, 0.15) is 5.75 Å². The van der Waals surface area contributed by atoms with Crippen molar-refractivity contribution in [3.8, 4) is 5.75 Å². The quantitative estimate of drug-likeness (QED) is 0.883. The van der Waals surface area contributed by atoms with Crippen LogP contribution in [0.1, 0.15) is 15.2 Å². The molecule has 2 aromatic rings. The molecule has 0 fully saturated rings. The topological polar surface area (TPSA) is 75.6 Å². The van der Waals surface area contributed by atoms with Gasteiger partial charge in [0.05, 0.1) is 0 Å². The zero-order valence-corrected chi connectivity index (χ0v) is 12.6. The fourth-order valence-electron chi connectivity index (χ4n) is 1.63. The summed E-state index contributed by atoms with van der Waals surface area (Å²) in [7, 11) is 0. The number of carbonyl (C=O) groups excluding carboxylic acids is 1. The van der Waals surface area contributed by atoms with Crippen LogP contribution < -0.4 is 10.1 Å². The number of hydrogen-bond donors (Lipinski definition) is 2. The van der Waals surface area contributed by atoms with E-state index in [1.165, 1.54) is 6.07 Å². The van der Waals surface area contributed by atoms with Crippen molar-refractivity contribution in [2.45, 2.75) is 6.92 Å². The van der Waals surface area contributed by atoms with Gasteiger partial charge in [0, 0.05) is 10.7 Å². The highest BCUT2D eigenvalue weighted by Gasteiger charge is 2.14. The van der Waals surface area contributed by atoms with Crippen LogP contribution in [0.15, 0.2) is 29.6 Å². The van der Waals surface area contributed by atoms with Crippen molar-refractivity contribution >= 4 is 40.5 Å². The molecule has 1 aromatic carbocycles. The monoisotopic (exact) mass is 325 g/mol. The molecule has 1 amide bonds. The Labute approximate surface area is 130 Å². The number of rotatable bonds is 5. The second-order valence-corrected chi connectivity index (χ2v) is 5.57. The lowest BCUT2D eigenvalue weighted by atomic mass is 10.2. The van der Waals surface area contributed by atoms with Crippen LogP contribution in [0.2, 0.25) is 5.02 Å². The van der Waals surface area contributed by atoms with Gasteiger partial charge in [-0.15, -0.1) is 11.3 Å². The number of carboxylic acids is 1. The summed E-state index contributed by atoms with van der Waals surface area (Å²) in [6.45, 7) is 1.57. The van der Waals surface area contributed by atoms with E-state index in [-0.39, 0.29) is 23.1 Å². The molecule has 0 aliphatic rings. The smallest absolute Gasteiger partial charge is 0.349 e. The summed E-state index contributed by atoms with van der Waals surface area (Å²) in [6, 6.07) is 6.68. The highest BCUT2D eigenvalue weighted by atomic mass is 35.5. The summed E-state index contributed by atoms with van der Waals surface area (Å²) in [5.74, 6) is -1.28. The Morgan fingerprint density at radius 2 is 2.14 bits per heavy atom. The first kappa shape index (κ1) is 15.3. The summed E-state index contributed by atoms with van der Waals surface area (Å²) in [5, 5.41) is 13.7. The molecule has 1 aromatic heterocycles. The number of halogens is 1. The highest BCUT2D eigenvalue weighted by molar-refractivity contribution is 7.12. The van der Waals surface area contributed by atoms with Crippen LogP contribution in [-0.4, -0.2) is 23.6 Å². The second-order valence-electron chi connectivity index (χ2n) is 4.22. The molecular formula is C14H12ClNO4S. The van der Waals surface area contributed by atoms with Gasteiger partial charge in [-0.3, -0.25) is 4.79 Å². The van der Waals surface area contributed by atoms with Gasteiger partial charge in [-0.1, -0.05) is 17.7 Å². The Kier molecular flexibility index (Phi) is 4.82. The average molecular weight is 326 g/mol. The van der Waals surface area contributed by atoms with E-state index in [4.69, 9.17) is 21.4 Å². The number of anilines is 1. The third kappa shape index (κ3) is 3.96. The number of thiophene rings is 1. The van der Waals surface area contributed by atoms with Crippen molar-refractivity contribution in [3.05, 3.63) is 45.1 Å². The Morgan fingerprint density at radius 1 is 1.38 bits per heavy atom. The summed E-state index contributed by atoms with van der Waals surface area (Å²) < 4.78 is 5.23. The third-order valence-electron chi connectivity index (χ3n) is 2.66. The number of aromatic carboxylic acids is 1. The van der Waals surface area contributed by atoms with Gasteiger partial charge in [-0.05, 0) is 36.1 Å². The molecule has 0 bridgehead atoms. The molecule has 0 radical (unpaired) electrons. The fraction of sp³-hybridized carbons (Fsp3) is 0.143. The molecule has 0 atom stereocenters. The van der Waals surface area contributed by atoms with Crippen LogP contribution in [0, 0.1) is 6.92 Å². The lowest BCUT2D eigenvalue weighted by Gasteiger charge is -2.09. The van der Waals surface area contributed by atoms with Crippen LogP contribution in [0.3, 0.4) is 0 Å². The maximum atomic E-state index is 11.8. The molecule has 0 aliphatic heterocycles. The van der Waals surface area contributed by atoms with Gasteiger partial charge >= 0.3 is 5.97 Å². The van der Waals surface area contributed by atoms with Crippen LogP contribution >= 0.6 is 22.9 Å². The highest BCUT2D eigenvalue weighted by Crippen LogP contribution is 2.25. The SMILES string of the molecule is Cc1ccc(Cl)cc1NC(=O)COc1ccsc1C(=O)O. The number of nitrogens with one attached hydrogen (secondary N) is 1. The Morgan fingerprint density at radius 3 is 2.86 bits per heavy atom. The van der Waals surface area contributed by atoms with E-state index in [1.807, 2.05) is 6.92 Å². The Bertz CT molecular complexity index is 683. The van der Waals surface area contributed by atoms with E-state index in [9.17, 15) is 9.59 Å². The predicted octanol–water partition coefficient (Wildman–Crippen LogP) is 3.43. The number of benzene rings is 1. The van der Waals surface area contributed by atoms with Crippen molar-refractivity contribution in [1.82, 2.24) is 0 Å². The van der Waals surface area contributed by atoms with Gasteiger partial charge in [-0.2, -0.15) is 0 Å². The Hall–Kier alpha value is -2.05. The van der Waals surface area contributed by atoms with E-state index in [1.54, 1.807) is 23.6 Å². The molecule has 0 aliphatic carbocycles. The molecule has 1 heterocycles. The molecule has 0 saturated carbocycles. The lowest BCUT2D eigenvalue weighted by Crippen LogP contribution is -2.21. The molecule has 0 saturated heterocycles. The first-order chi connectivity index (χ1) is 9.97. The maximum Gasteiger partial charge on any atom is 0.349 e. The van der Waals surface area contributed by atoms with Crippen molar-refractivity contribution < 1.29 is 19.4 Å². The number of ether oxygens (including phenoxy) is 1. The van der Waals surface area contributed by atoms with Crippen LogP contribution in [0.4, 0.5) is 5.69 Å². The molecule has 7 heteroatoms. The molecule has 2 N–H and O–H groups in total. The summed E-state index contributed by atoms with van der Waals surface area (Å²) in [4.78, 5) is 22.8. The maximum absolute atomic E-state index is 11.8. The summed E-state index contributed by atoms with van der Waals surface area (Å²) in [5.41, 5.74) is 1.47. The minimum Gasteiger partial charge on any atom is -0.482 e. The summed E-state index contributed by atoms with van der Waals surface area (Å²) in [6.07, 6.45) is 0. The minimum atomic E-state index is -1.08. The summed E-state index contributed by atoms with van der Waals surface area (Å²) >= 11 is 6.91. The van der Waals surface area contributed by atoms with Crippen LogP contribution in [0.5, 0.6) is 5.75 Å². The molecule has 5 nitrogen and oxygen atoms in total. The number of aryl methyl sites for hydroxylation is 1. The standard InChI is InChI=1S/C14H12ClNO4S/c1-8-2-3-9(15)6-10(8)16-12(17)7-20-11-4-5-21-13(11)14(18)19/h2-6H,7H2,1H3,(H,16,17)(H,18,19). The van der Waals surface area contributed by atoms with Crippen molar-refractivity contribution in [3.63, 3.8) is 0 Å². The van der Waals surface area contributed by atoms with Gasteiger partial charge in [0.15, 0.2) is 11.5 Å². The third-order valence-corrected chi connectivity index (χ3v) is 3.77.